The van der Waals surface area contributed by atoms with Crippen molar-refractivity contribution in [1.82, 2.24) is 0 Å². The first kappa shape index (κ1) is 10.4. The standard InChI is InChI=1S/C10H18O/c1-5-8(2)6-7-9(3)10(4)11/h5-6,9-11H,1,7H2,2-4H3. The number of hydrogen-bond donors (Lipinski definition) is 1. The van der Waals surface area contributed by atoms with Gasteiger partial charge < -0.3 is 5.11 Å². The van der Waals surface area contributed by atoms with Crippen molar-refractivity contribution in [1.29, 1.82) is 0 Å². The molecule has 0 saturated heterocycles. The fourth-order valence-electron chi connectivity index (χ4n) is 0.652. The lowest BCUT2D eigenvalue weighted by Crippen LogP contribution is -2.11. The average molecular weight is 154 g/mol. The second-order valence-electron chi connectivity index (χ2n) is 3.11. The number of rotatable bonds is 4. The molecule has 0 bridgehead atoms. The Morgan fingerprint density at radius 2 is 2.09 bits per heavy atom. The summed E-state index contributed by atoms with van der Waals surface area (Å²) in [6.45, 7) is 9.53. The fourth-order valence-corrected chi connectivity index (χ4v) is 0.652. The molecule has 2 unspecified atom stereocenters. The van der Waals surface area contributed by atoms with Gasteiger partial charge in [-0.2, -0.15) is 0 Å². The molecule has 1 nitrogen and oxygen atoms in total. The Morgan fingerprint density at radius 1 is 1.55 bits per heavy atom. The second-order valence-corrected chi connectivity index (χ2v) is 3.11. The van der Waals surface area contributed by atoms with E-state index in [0.717, 1.165) is 6.42 Å². The van der Waals surface area contributed by atoms with Crippen molar-refractivity contribution < 1.29 is 5.11 Å². The number of hydrogen-bond acceptors (Lipinski definition) is 1. The Bertz CT molecular complexity index is 145. The molecule has 64 valence electrons. The molecule has 0 aliphatic rings. The van der Waals surface area contributed by atoms with Crippen molar-refractivity contribution in [2.45, 2.75) is 33.3 Å². The zero-order valence-corrected chi connectivity index (χ0v) is 7.67. The van der Waals surface area contributed by atoms with E-state index in [1.165, 1.54) is 5.57 Å². The van der Waals surface area contributed by atoms with Crippen LogP contribution in [-0.2, 0) is 0 Å². The summed E-state index contributed by atoms with van der Waals surface area (Å²) in [5.74, 6) is 0.338. The van der Waals surface area contributed by atoms with E-state index >= 15 is 0 Å². The van der Waals surface area contributed by atoms with Crippen LogP contribution >= 0.6 is 0 Å². The number of aliphatic hydroxyl groups excluding tert-OH is 1. The van der Waals surface area contributed by atoms with Gasteiger partial charge in [0, 0.05) is 0 Å². The molecule has 0 aliphatic carbocycles. The van der Waals surface area contributed by atoms with E-state index in [2.05, 4.69) is 12.7 Å². The van der Waals surface area contributed by atoms with E-state index < -0.39 is 0 Å². The molecule has 0 amide bonds. The van der Waals surface area contributed by atoms with Crippen LogP contribution in [0, 0.1) is 5.92 Å². The summed E-state index contributed by atoms with van der Waals surface area (Å²) in [5.41, 5.74) is 1.18. The van der Waals surface area contributed by atoms with Crippen molar-refractivity contribution >= 4 is 0 Å². The van der Waals surface area contributed by atoms with Gasteiger partial charge in [-0.3, -0.25) is 0 Å². The van der Waals surface area contributed by atoms with Crippen LogP contribution in [0.2, 0.25) is 0 Å². The topological polar surface area (TPSA) is 20.2 Å². The van der Waals surface area contributed by atoms with Crippen molar-refractivity contribution in [2.75, 3.05) is 0 Å². The van der Waals surface area contributed by atoms with Crippen LogP contribution in [0.1, 0.15) is 27.2 Å². The van der Waals surface area contributed by atoms with Crippen LogP contribution < -0.4 is 0 Å². The zero-order chi connectivity index (χ0) is 8.85. The van der Waals surface area contributed by atoms with Gasteiger partial charge in [-0.05, 0) is 26.2 Å². The van der Waals surface area contributed by atoms with Gasteiger partial charge in [0.25, 0.3) is 0 Å². The van der Waals surface area contributed by atoms with Crippen LogP contribution in [-0.4, -0.2) is 11.2 Å². The van der Waals surface area contributed by atoms with Crippen LogP contribution in [0.3, 0.4) is 0 Å². The summed E-state index contributed by atoms with van der Waals surface area (Å²) in [6.07, 6.45) is 4.64. The van der Waals surface area contributed by atoms with E-state index in [9.17, 15) is 0 Å². The Labute approximate surface area is 69.4 Å². The van der Waals surface area contributed by atoms with Crippen molar-refractivity contribution in [3.05, 3.63) is 24.3 Å². The zero-order valence-electron chi connectivity index (χ0n) is 7.67. The van der Waals surface area contributed by atoms with Crippen molar-refractivity contribution in [3.8, 4) is 0 Å². The summed E-state index contributed by atoms with van der Waals surface area (Å²) in [7, 11) is 0. The third-order valence-corrected chi connectivity index (χ3v) is 1.96. The molecule has 0 saturated carbocycles. The molecular formula is C10H18O. The minimum Gasteiger partial charge on any atom is -0.393 e. The van der Waals surface area contributed by atoms with Crippen LogP contribution in [0.15, 0.2) is 24.3 Å². The predicted molar refractivity (Wildman–Crippen MR) is 49.4 cm³/mol. The van der Waals surface area contributed by atoms with Gasteiger partial charge in [0.2, 0.25) is 0 Å². The Hall–Kier alpha value is -0.560. The van der Waals surface area contributed by atoms with Gasteiger partial charge in [0.05, 0.1) is 6.10 Å². The monoisotopic (exact) mass is 154 g/mol. The Morgan fingerprint density at radius 3 is 2.45 bits per heavy atom. The van der Waals surface area contributed by atoms with Gasteiger partial charge in [0.1, 0.15) is 0 Å². The summed E-state index contributed by atoms with van der Waals surface area (Å²) < 4.78 is 0. The molecule has 0 spiro atoms. The minimum atomic E-state index is -0.219. The molecule has 0 fully saturated rings. The number of allylic oxidation sites excluding steroid dienone is 3. The van der Waals surface area contributed by atoms with E-state index in [-0.39, 0.29) is 6.10 Å². The molecule has 11 heavy (non-hydrogen) atoms. The molecule has 0 aliphatic heterocycles. The molecule has 0 radical (unpaired) electrons. The predicted octanol–water partition coefficient (Wildman–Crippen LogP) is 2.53. The average Bonchev–Trinajstić information content (AvgIpc) is 1.99. The lowest BCUT2D eigenvalue weighted by atomic mass is 10.0. The molecule has 0 rings (SSSR count). The van der Waals surface area contributed by atoms with Crippen LogP contribution in [0.5, 0.6) is 0 Å². The third-order valence-electron chi connectivity index (χ3n) is 1.96. The van der Waals surface area contributed by atoms with Crippen LogP contribution in [0.4, 0.5) is 0 Å². The van der Waals surface area contributed by atoms with Gasteiger partial charge >= 0.3 is 0 Å². The summed E-state index contributed by atoms with van der Waals surface area (Å²) in [4.78, 5) is 0. The van der Waals surface area contributed by atoms with Gasteiger partial charge in [0.15, 0.2) is 0 Å². The van der Waals surface area contributed by atoms with Crippen LogP contribution in [0.25, 0.3) is 0 Å². The fraction of sp³-hybridized carbons (Fsp3) is 0.600. The highest BCUT2D eigenvalue weighted by molar-refractivity contribution is 5.12. The first-order valence-corrected chi connectivity index (χ1v) is 4.05. The molecule has 0 heterocycles. The highest BCUT2D eigenvalue weighted by Gasteiger charge is 2.05. The first-order chi connectivity index (χ1) is 5.07. The third kappa shape index (κ3) is 4.79. The summed E-state index contributed by atoms with van der Waals surface area (Å²) in [5, 5.41) is 9.15. The Balaban J connectivity index is 3.77. The normalized spacial score (nSPS) is 17.6. The van der Waals surface area contributed by atoms with Crippen molar-refractivity contribution in [3.63, 3.8) is 0 Å². The smallest absolute Gasteiger partial charge is 0.0540 e. The Kier molecular flexibility index (Phi) is 4.88. The maximum Gasteiger partial charge on any atom is 0.0540 e. The summed E-state index contributed by atoms with van der Waals surface area (Å²) >= 11 is 0. The second kappa shape index (κ2) is 5.14. The van der Waals surface area contributed by atoms with Gasteiger partial charge in [-0.1, -0.05) is 31.2 Å². The lowest BCUT2D eigenvalue weighted by molar-refractivity contribution is 0.136. The molecule has 1 N–H and O–H groups in total. The molecule has 0 aromatic carbocycles. The SMILES string of the molecule is C=CC(C)=CCC(C)C(C)O. The highest BCUT2D eigenvalue weighted by Crippen LogP contribution is 2.09. The van der Waals surface area contributed by atoms with Crippen molar-refractivity contribution in [2.24, 2.45) is 5.92 Å². The molecule has 2 atom stereocenters. The number of aliphatic hydroxyl groups is 1. The molecule has 0 aromatic heterocycles. The van der Waals surface area contributed by atoms with E-state index in [1.807, 2.05) is 26.8 Å². The van der Waals surface area contributed by atoms with E-state index in [0.29, 0.717) is 5.92 Å². The highest BCUT2D eigenvalue weighted by atomic mass is 16.3. The van der Waals surface area contributed by atoms with Gasteiger partial charge in [-0.15, -0.1) is 0 Å². The maximum absolute atomic E-state index is 9.15. The lowest BCUT2D eigenvalue weighted by Gasteiger charge is -2.11. The minimum absolute atomic E-state index is 0.219. The maximum atomic E-state index is 9.15. The largest absolute Gasteiger partial charge is 0.393 e. The first-order valence-electron chi connectivity index (χ1n) is 4.05. The summed E-state index contributed by atoms with van der Waals surface area (Å²) in [6, 6.07) is 0. The van der Waals surface area contributed by atoms with Gasteiger partial charge in [-0.25, -0.2) is 0 Å². The quantitative estimate of drug-likeness (QED) is 0.617. The van der Waals surface area contributed by atoms with E-state index in [4.69, 9.17) is 5.11 Å². The molecular weight excluding hydrogens is 136 g/mol. The molecule has 1 heteroatoms. The molecule has 0 aromatic rings. The van der Waals surface area contributed by atoms with E-state index in [1.54, 1.807) is 0 Å².